The molecule has 0 radical (unpaired) electrons. The van der Waals surface area contributed by atoms with Crippen LogP contribution in [0, 0.1) is 0 Å². The van der Waals surface area contributed by atoms with Crippen LogP contribution in [0.3, 0.4) is 0 Å². The molecule has 0 aliphatic heterocycles. The molecule has 0 aliphatic carbocycles. The van der Waals surface area contributed by atoms with Crippen molar-refractivity contribution < 1.29 is 0 Å². The molecule has 2 heteroatoms. The molecule has 0 rings (SSSR count). The Kier molecular flexibility index (Phi) is 16.5. The maximum atomic E-state index is 3.22. The Balaban J connectivity index is 0. The summed E-state index contributed by atoms with van der Waals surface area (Å²) in [6, 6.07) is 0. The molecule has 0 saturated carbocycles. The van der Waals surface area contributed by atoms with Crippen molar-refractivity contribution in [2.45, 2.75) is 32.6 Å². The fourth-order valence-electron chi connectivity index (χ4n) is 0.575. The van der Waals surface area contributed by atoms with Crippen molar-refractivity contribution >= 4 is 39.0 Å². The predicted molar refractivity (Wildman–Crippen MR) is 50.8 cm³/mol. The molecule has 0 spiro atoms. The van der Waals surface area contributed by atoms with E-state index in [4.69, 9.17) is 0 Å². The summed E-state index contributed by atoms with van der Waals surface area (Å²) in [5.74, 6) is 0. The molecular formula is C7H15BrMg. The van der Waals surface area contributed by atoms with Crippen LogP contribution in [0.2, 0.25) is 0 Å². The zero-order chi connectivity index (χ0) is 6.24. The summed E-state index contributed by atoms with van der Waals surface area (Å²) in [5.41, 5.74) is 0. The Bertz CT molecular complexity index is 61.9. The minimum absolute atomic E-state index is 0. The number of allylic oxidation sites excluding steroid dienone is 1. The van der Waals surface area contributed by atoms with Gasteiger partial charge in [0.2, 0.25) is 0 Å². The Morgan fingerprint density at radius 3 is 2.44 bits per heavy atom. The number of unbranched alkanes of at least 4 members (excludes halogenated alkanes) is 3. The molecule has 0 atom stereocenters. The van der Waals surface area contributed by atoms with Crippen molar-refractivity contribution in [2.75, 3.05) is 0 Å². The van der Waals surface area contributed by atoms with Crippen LogP contribution < -0.4 is 0 Å². The molecule has 0 nitrogen and oxygen atoms in total. The van der Waals surface area contributed by atoms with Gasteiger partial charge in [0, 0.05) is 0 Å². The molecule has 0 fully saturated rings. The quantitative estimate of drug-likeness (QED) is 0.487. The standard InChI is InChI=1S/C7H13Br.Mg.2H/c1-2-3-4-5-6-7-8;;;/h6-7H,2-5H2,1H3;;;/b7-6+;;;. The summed E-state index contributed by atoms with van der Waals surface area (Å²) >= 11 is 3.22. The number of halogens is 1. The van der Waals surface area contributed by atoms with E-state index < -0.39 is 0 Å². The summed E-state index contributed by atoms with van der Waals surface area (Å²) in [6.07, 6.45) is 7.38. The van der Waals surface area contributed by atoms with Crippen LogP contribution in [0.4, 0.5) is 0 Å². The van der Waals surface area contributed by atoms with Gasteiger partial charge in [0.05, 0.1) is 0 Å². The van der Waals surface area contributed by atoms with Crippen LogP contribution >= 0.6 is 15.9 Å². The molecule has 0 aromatic rings. The molecule has 0 saturated heterocycles. The zero-order valence-corrected chi connectivity index (χ0v) is 6.95. The van der Waals surface area contributed by atoms with Gasteiger partial charge in [-0.3, -0.25) is 0 Å². The third kappa shape index (κ3) is 12.2. The predicted octanol–water partition coefficient (Wildman–Crippen LogP) is 2.56. The highest BCUT2D eigenvalue weighted by atomic mass is 79.9. The molecule has 52 valence electrons. The van der Waals surface area contributed by atoms with Crippen molar-refractivity contribution in [3.05, 3.63) is 11.1 Å². The highest BCUT2D eigenvalue weighted by Crippen LogP contribution is 1.99. The molecule has 9 heavy (non-hydrogen) atoms. The van der Waals surface area contributed by atoms with E-state index in [0.29, 0.717) is 0 Å². The normalized spacial score (nSPS) is 9.56. The van der Waals surface area contributed by atoms with Crippen molar-refractivity contribution in [3.8, 4) is 0 Å². The van der Waals surface area contributed by atoms with Gasteiger partial charge in [-0.15, -0.1) is 0 Å². The van der Waals surface area contributed by atoms with Crippen LogP contribution in [0.15, 0.2) is 11.1 Å². The number of hydrogen-bond acceptors (Lipinski definition) is 0. The second kappa shape index (κ2) is 11.7. The van der Waals surface area contributed by atoms with E-state index in [0.717, 1.165) is 0 Å². The monoisotopic (exact) mass is 202 g/mol. The lowest BCUT2D eigenvalue weighted by Gasteiger charge is -1.88. The summed E-state index contributed by atoms with van der Waals surface area (Å²) in [5, 5.41) is 0. The van der Waals surface area contributed by atoms with Gasteiger partial charge < -0.3 is 0 Å². The first-order chi connectivity index (χ1) is 3.91. The molecule has 0 aromatic heterocycles. The smallest absolute Gasteiger partial charge is 0.0776 e. The molecule has 0 aromatic carbocycles. The van der Waals surface area contributed by atoms with Gasteiger partial charge >= 0.3 is 23.1 Å². The third-order valence-electron chi connectivity index (χ3n) is 1.06. The van der Waals surface area contributed by atoms with Crippen molar-refractivity contribution in [1.82, 2.24) is 0 Å². The summed E-state index contributed by atoms with van der Waals surface area (Å²) in [4.78, 5) is 1.93. The number of hydrogen-bond donors (Lipinski definition) is 0. The largest absolute Gasteiger partial charge is 0.316 e. The third-order valence-corrected chi connectivity index (χ3v) is 1.44. The van der Waals surface area contributed by atoms with Gasteiger partial charge in [-0.25, -0.2) is 0 Å². The average Bonchev–Trinajstić information content (AvgIpc) is 1.81. The minimum Gasteiger partial charge on any atom is -0.0776 e. The van der Waals surface area contributed by atoms with Crippen LogP contribution in [0.5, 0.6) is 0 Å². The average molecular weight is 203 g/mol. The van der Waals surface area contributed by atoms with E-state index in [2.05, 4.69) is 28.9 Å². The topological polar surface area (TPSA) is 0 Å². The summed E-state index contributed by atoms with van der Waals surface area (Å²) in [7, 11) is 0. The molecular weight excluding hydrogens is 188 g/mol. The van der Waals surface area contributed by atoms with Crippen LogP contribution in [0.25, 0.3) is 0 Å². The molecule has 0 N–H and O–H groups in total. The lowest BCUT2D eigenvalue weighted by molar-refractivity contribution is 0.729. The summed E-state index contributed by atoms with van der Waals surface area (Å²) < 4.78 is 0. The van der Waals surface area contributed by atoms with E-state index in [1.807, 2.05) is 4.99 Å². The Morgan fingerprint density at radius 1 is 1.33 bits per heavy atom. The van der Waals surface area contributed by atoms with Gasteiger partial charge in [0.15, 0.2) is 0 Å². The van der Waals surface area contributed by atoms with Crippen LogP contribution in [0.1, 0.15) is 32.6 Å². The zero-order valence-electron chi connectivity index (χ0n) is 5.36. The maximum absolute atomic E-state index is 3.22. The second-order valence-corrected chi connectivity index (χ2v) is 2.39. The number of rotatable bonds is 4. The van der Waals surface area contributed by atoms with Gasteiger partial charge in [0.1, 0.15) is 0 Å². The first kappa shape index (κ1) is 12.6. The highest BCUT2D eigenvalue weighted by Gasteiger charge is 1.78. The fourth-order valence-corrected chi connectivity index (χ4v) is 0.840. The molecule has 0 heterocycles. The summed E-state index contributed by atoms with van der Waals surface area (Å²) in [6.45, 7) is 2.22. The Hall–Kier alpha value is 0.986. The Labute approximate surface area is 82.4 Å². The Morgan fingerprint density at radius 2 is 2.00 bits per heavy atom. The van der Waals surface area contributed by atoms with Gasteiger partial charge in [-0.1, -0.05) is 41.8 Å². The van der Waals surface area contributed by atoms with Crippen molar-refractivity contribution in [1.29, 1.82) is 0 Å². The van der Waals surface area contributed by atoms with E-state index in [-0.39, 0.29) is 23.1 Å². The lowest BCUT2D eigenvalue weighted by Crippen LogP contribution is -1.68. The van der Waals surface area contributed by atoms with E-state index >= 15 is 0 Å². The molecule has 0 unspecified atom stereocenters. The molecule has 0 aliphatic rings. The van der Waals surface area contributed by atoms with Crippen molar-refractivity contribution in [3.63, 3.8) is 0 Å². The van der Waals surface area contributed by atoms with Crippen LogP contribution in [-0.2, 0) is 0 Å². The lowest BCUT2D eigenvalue weighted by atomic mass is 10.2. The van der Waals surface area contributed by atoms with E-state index in [1.165, 1.54) is 25.7 Å². The highest BCUT2D eigenvalue weighted by molar-refractivity contribution is 9.11. The fraction of sp³-hybridized carbons (Fsp3) is 0.714. The second-order valence-electron chi connectivity index (χ2n) is 1.86. The van der Waals surface area contributed by atoms with Gasteiger partial charge in [-0.2, -0.15) is 0 Å². The van der Waals surface area contributed by atoms with Gasteiger partial charge in [0.25, 0.3) is 0 Å². The van der Waals surface area contributed by atoms with E-state index in [1.54, 1.807) is 0 Å². The van der Waals surface area contributed by atoms with Gasteiger partial charge in [-0.05, 0) is 17.8 Å². The van der Waals surface area contributed by atoms with E-state index in [9.17, 15) is 0 Å². The SMILES string of the molecule is CCCCC/C=C/Br.[MgH2]. The van der Waals surface area contributed by atoms with Crippen LogP contribution in [-0.4, -0.2) is 23.1 Å². The minimum atomic E-state index is 0. The first-order valence-electron chi connectivity index (χ1n) is 3.17. The maximum Gasteiger partial charge on any atom is 0.316 e. The first-order valence-corrected chi connectivity index (χ1v) is 4.08. The molecule has 0 amide bonds. The molecule has 0 bridgehead atoms. The van der Waals surface area contributed by atoms with Crippen molar-refractivity contribution in [2.24, 2.45) is 0 Å².